The van der Waals surface area contributed by atoms with Gasteiger partial charge in [-0.2, -0.15) is 0 Å². The van der Waals surface area contributed by atoms with E-state index < -0.39 is 5.82 Å². The molecule has 1 saturated carbocycles. The molecule has 3 aromatic rings. The molecule has 0 aliphatic heterocycles. The predicted octanol–water partition coefficient (Wildman–Crippen LogP) is 4.99. The summed E-state index contributed by atoms with van der Waals surface area (Å²) in [5.41, 5.74) is 0.709. The number of hydrogen-bond acceptors (Lipinski definition) is 5. The first-order valence-corrected chi connectivity index (χ1v) is 11.9. The van der Waals surface area contributed by atoms with Gasteiger partial charge in [-0.25, -0.2) is 9.37 Å². The monoisotopic (exact) mass is 487 g/mol. The quantitative estimate of drug-likeness (QED) is 0.492. The third kappa shape index (κ3) is 6.30. The molecular formula is C24H23ClFN3O3S. The van der Waals surface area contributed by atoms with Crippen LogP contribution in [0.25, 0.3) is 0 Å². The second-order valence-electron chi connectivity index (χ2n) is 7.82. The maximum Gasteiger partial charge on any atom is 0.271 e. The van der Waals surface area contributed by atoms with Crippen LogP contribution in [0.2, 0.25) is 5.02 Å². The number of ether oxygens (including phenoxy) is 1. The highest BCUT2D eigenvalue weighted by molar-refractivity contribution is 7.09. The number of benzene rings is 2. The van der Waals surface area contributed by atoms with Gasteiger partial charge in [0.25, 0.3) is 11.8 Å². The fourth-order valence-corrected chi connectivity index (χ4v) is 4.54. The van der Waals surface area contributed by atoms with E-state index >= 15 is 0 Å². The molecule has 0 radical (unpaired) electrons. The van der Waals surface area contributed by atoms with E-state index in [1.54, 1.807) is 29.6 Å². The van der Waals surface area contributed by atoms with Gasteiger partial charge in [-0.05, 0) is 61.4 Å². The fourth-order valence-electron chi connectivity index (χ4n) is 3.73. The van der Waals surface area contributed by atoms with Gasteiger partial charge in [0.15, 0.2) is 0 Å². The standard InChI is InChI=1S/C24H23ClFN3O3S/c25-16-7-11-18(12-8-16)32-13-22-27-21(14-33-22)24(31)29-20-4-2-1-3-19(20)28-23(30)15-5-9-17(26)10-6-15/h5-12,14,19-20H,1-4,13H2,(H,28,30)(H,29,31)/t19-,20-/m1/s1. The Morgan fingerprint density at radius 3 is 2.30 bits per heavy atom. The zero-order valence-corrected chi connectivity index (χ0v) is 19.3. The van der Waals surface area contributed by atoms with Gasteiger partial charge < -0.3 is 15.4 Å². The van der Waals surface area contributed by atoms with Crippen LogP contribution >= 0.6 is 22.9 Å². The van der Waals surface area contributed by atoms with Crippen molar-refractivity contribution in [2.75, 3.05) is 0 Å². The van der Waals surface area contributed by atoms with E-state index in [0.29, 0.717) is 27.0 Å². The Bertz CT molecular complexity index is 1100. The van der Waals surface area contributed by atoms with Crippen molar-refractivity contribution in [3.8, 4) is 5.75 Å². The third-order valence-corrected chi connectivity index (χ3v) is 6.54. The van der Waals surface area contributed by atoms with Gasteiger partial charge in [0.2, 0.25) is 0 Å². The molecule has 1 aliphatic rings. The molecule has 172 valence electrons. The maximum absolute atomic E-state index is 13.1. The van der Waals surface area contributed by atoms with Crippen molar-refractivity contribution < 1.29 is 18.7 Å². The third-order valence-electron chi connectivity index (χ3n) is 5.47. The molecule has 0 spiro atoms. The zero-order chi connectivity index (χ0) is 23.2. The van der Waals surface area contributed by atoms with Gasteiger partial charge in [-0.3, -0.25) is 9.59 Å². The summed E-state index contributed by atoms with van der Waals surface area (Å²) in [4.78, 5) is 29.7. The molecule has 6 nitrogen and oxygen atoms in total. The van der Waals surface area contributed by atoms with E-state index in [1.807, 2.05) is 0 Å². The average Bonchev–Trinajstić information content (AvgIpc) is 3.30. The lowest BCUT2D eigenvalue weighted by molar-refractivity contribution is 0.0860. The number of carbonyl (C=O) groups is 2. The molecule has 0 unspecified atom stereocenters. The first kappa shape index (κ1) is 23.2. The number of rotatable bonds is 7. The highest BCUT2D eigenvalue weighted by Crippen LogP contribution is 2.21. The molecule has 2 amide bonds. The lowest BCUT2D eigenvalue weighted by atomic mass is 9.90. The highest BCUT2D eigenvalue weighted by Gasteiger charge is 2.29. The second kappa shape index (κ2) is 10.8. The SMILES string of the molecule is O=C(N[C@@H]1CCCC[C@H]1NC(=O)c1csc(COc2ccc(Cl)cc2)n1)c1ccc(F)cc1. The van der Waals surface area contributed by atoms with Crippen molar-refractivity contribution in [3.63, 3.8) is 0 Å². The summed E-state index contributed by atoms with van der Waals surface area (Å²) in [7, 11) is 0. The van der Waals surface area contributed by atoms with Gasteiger partial charge >= 0.3 is 0 Å². The first-order valence-electron chi connectivity index (χ1n) is 10.7. The zero-order valence-electron chi connectivity index (χ0n) is 17.7. The van der Waals surface area contributed by atoms with Crippen molar-refractivity contribution in [2.45, 2.75) is 44.4 Å². The van der Waals surface area contributed by atoms with Crippen LogP contribution in [0.1, 0.15) is 51.5 Å². The number of aromatic nitrogens is 1. The summed E-state index contributed by atoms with van der Waals surface area (Å²) in [5.74, 6) is -0.286. The predicted molar refractivity (Wildman–Crippen MR) is 125 cm³/mol. The molecule has 1 fully saturated rings. The average molecular weight is 488 g/mol. The normalized spacial score (nSPS) is 17.9. The number of amides is 2. The number of thiazole rings is 1. The van der Waals surface area contributed by atoms with Crippen LogP contribution in [-0.2, 0) is 6.61 Å². The van der Waals surface area contributed by atoms with Crippen LogP contribution in [-0.4, -0.2) is 28.9 Å². The summed E-state index contributed by atoms with van der Waals surface area (Å²) >= 11 is 7.22. The van der Waals surface area contributed by atoms with Gasteiger partial charge in [0.05, 0.1) is 0 Å². The van der Waals surface area contributed by atoms with Gasteiger partial charge in [-0.15, -0.1) is 11.3 Å². The minimum atomic E-state index is -0.393. The number of hydrogen-bond donors (Lipinski definition) is 2. The number of nitrogens with zero attached hydrogens (tertiary/aromatic N) is 1. The van der Waals surface area contributed by atoms with Crippen molar-refractivity contribution in [1.29, 1.82) is 0 Å². The number of halogens is 2. The van der Waals surface area contributed by atoms with E-state index in [-0.39, 0.29) is 30.5 Å². The Morgan fingerprint density at radius 1 is 1.00 bits per heavy atom. The molecule has 1 heterocycles. The van der Waals surface area contributed by atoms with E-state index in [9.17, 15) is 14.0 Å². The lowest BCUT2D eigenvalue weighted by Gasteiger charge is -2.32. The molecule has 2 aromatic carbocycles. The van der Waals surface area contributed by atoms with Gasteiger partial charge in [-0.1, -0.05) is 24.4 Å². The highest BCUT2D eigenvalue weighted by atomic mass is 35.5. The maximum atomic E-state index is 13.1. The number of carbonyl (C=O) groups excluding carboxylic acids is 2. The lowest BCUT2D eigenvalue weighted by Crippen LogP contribution is -2.53. The van der Waals surface area contributed by atoms with Crippen molar-refractivity contribution in [1.82, 2.24) is 15.6 Å². The van der Waals surface area contributed by atoms with Crippen molar-refractivity contribution >= 4 is 34.8 Å². The Labute approximate surface area is 200 Å². The van der Waals surface area contributed by atoms with E-state index in [2.05, 4.69) is 15.6 Å². The van der Waals surface area contributed by atoms with Gasteiger partial charge in [0.1, 0.15) is 28.9 Å². The van der Waals surface area contributed by atoms with E-state index in [1.165, 1.54) is 35.6 Å². The molecule has 2 N–H and O–H groups in total. The van der Waals surface area contributed by atoms with Crippen LogP contribution in [0.3, 0.4) is 0 Å². The Morgan fingerprint density at radius 2 is 1.64 bits per heavy atom. The summed E-state index contributed by atoms with van der Waals surface area (Å²) in [6.07, 6.45) is 3.45. The topological polar surface area (TPSA) is 80.3 Å². The summed E-state index contributed by atoms with van der Waals surface area (Å²) < 4.78 is 18.8. The summed E-state index contributed by atoms with van der Waals surface area (Å²) in [6.45, 7) is 0.249. The fraction of sp³-hybridized carbons (Fsp3) is 0.292. The first-order chi connectivity index (χ1) is 16.0. The van der Waals surface area contributed by atoms with Crippen LogP contribution in [0.15, 0.2) is 53.9 Å². The second-order valence-corrected chi connectivity index (χ2v) is 9.20. The molecule has 1 aliphatic carbocycles. The molecule has 1 aromatic heterocycles. The molecule has 9 heteroatoms. The Kier molecular flexibility index (Phi) is 7.57. The largest absolute Gasteiger partial charge is 0.486 e. The van der Waals surface area contributed by atoms with E-state index in [4.69, 9.17) is 16.3 Å². The minimum Gasteiger partial charge on any atom is -0.486 e. The van der Waals surface area contributed by atoms with Gasteiger partial charge in [0, 0.05) is 28.0 Å². The molecule has 0 bridgehead atoms. The van der Waals surface area contributed by atoms with Crippen LogP contribution < -0.4 is 15.4 Å². The summed E-state index contributed by atoms with van der Waals surface area (Å²) in [5, 5.41) is 9.02. The molecular weight excluding hydrogens is 465 g/mol. The Hall–Kier alpha value is -2.97. The molecule has 4 rings (SSSR count). The molecule has 2 atom stereocenters. The van der Waals surface area contributed by atoms with Crippen LogP contribution in [0.5, 0.6) is 5.75 Å². The van der Waals surface area contributed by atoms with E-state index in [0.717, 1.165) is 25.7 Å². The molecule has 33 heavy (non-hydrogen) atoms. The Balaban J connectivity index is 1.33. The van der Waals surface area contributed by atoms with Crippen molar-refractivity contribution in [2.24, 2.45) is 0 Å². The summed E-state index contributed by atoms with van der Waals surface area (Å²) in [6, 6.07) is 12.0. The van der Waals surface area contributed by atoms with Crippen LogP contribution in [0.4, 0.5) is 4.39 Å². The smallest absolute Gasteiger partial charge is 0.271 e. The van der Waals surface area contributed by atoms with Crippen molar-refractivity contribution in [3.05, 3.63) is 81.0 Å². The molecule has 0 saturated heterocycles. The minimum absolute atomic E-state index is 0.202. The number of nitrogens with one attached hydrogen (secondary N) is 2. The van der Waals surface area contributed by atoms with Crippen LogP contribution in [0, 0.1) is 5.82 Å².